The van der Waals surface area contributed by atoms with Crippen molar-refractivity contribution in [1.82, 2.24) is 15.6 Å². The number of hydrogen-bond acceptors (Lipinski definition) is 5. The van der Waals surface area contributed by atoms with Gasteiger partial charge in [0.15, 0.2) is 0 Å². The number of ether oxygens (including phenoxy) is 2. The highest BCUT2D eigenvalue weighted by molar-refractivity contribution is 6.36. The first-order chi connectivity index (χ1) is 14.6. The van der Waals surface area contributed by atoms with E-state index in [0.717, 1.165) is 28.2 Å². The van der Waals surface area contributed by atoms with Gasteiger partial charge in [-0.3, -0.25) is 15.0 Å². The Labute approximate surface area is 178 Å². The number of carbonyl (C=O) groups excluding carboxylic acids is 1. The van der Waals surface area contributed by atoms with Crippen LogP contribution in [0.25, 0.3) is 11.6 Å². The smallest absolute Gasteiger partial charge is 0.260 e. The SMILES string of the molecule is COCCNCC(NCCOC)N1C(=O)C(=Cc2[nH]c(C)cc2C)c2ccccc21. The van der Waals surface area contributed by atoms with Gasteiger partial charge in [-0.05, 0) is 37.6 Å². The lowest BCUT2D eigenvalue weighted by atomic mass is 10.1. The van der Waals surface area contributed by atoms with Crippen molar-refractivity contribution in [2.75, 3.05) is 52.0 Å². The number of benzene rings is 1. The molecule has 0 saturated carbocycles. The van der Waals surface area contributed by atoms with Crippen LogP contribution in [0.1, 0.15) is 22.5 Å². The molecule has 30 heavy (non-hydrogen) atoms. The van der Waals surface area contributed by atoms with E-state index in [2.05, 4.69) is 21.7 Å². The van der Waals surface area contributed by atoms with Gasteiger partial charge in [0, 0.05) is 50.8 Å². The van der Waals surface area contributed by atoms with Crippen molar-refractivity contribution in [3.8, 4) is 0 Å². The fraction of sp³-hybridized carbons (Fsp3) is 0.435. The summed E-state index contributed by atoms with van der Waals surface area (Å²) >= 11 is 0. The molecule has 0 aliphatic carbocycles. The minimum Gasteiger partial charge on any atom is -0.383 e. The second-order valence-corrected chi connectivity index (χ2v) is 7.46. The van der Waals surface area contributed by atoms with Gasteiger partial charge in [0.2, 0.25) is 0 Å². The number of aryl methyl sites for hydroxylation is 2. The van der Waals surface area contributed by atoms with E-state index in [0.29, 0.717) is 38.4 Å². The molecule has 7 nitrogen and oxygen atoms in total. The Balaban J connectivity index is 1.92. The number of H-pyrrole nitrogens is 1. The standard InChI is InChI=1S/C23H32N4O3/c1-16-13-17(2)26-20(16)14-19-18-7-5-6-8-21(18)27(23(19)28)22(25-10-12-30-4)15-24-9-11-29-3/h5-8,13-14,22,24-26H,9-12,15H2,1-4H3. The van der Waals surface area contributed by atoms with Crippen molar-refractivity contribution in [3.63, 3.8) is 0 Å². The summed E-state index contributed by atoms with van der Waals surface area (Å²) in [6, 6.07) is 10.0. The molecule has 162 valence electrons. The average Bonchev–Trinajstić information content (AvgIpc) is 3.20. The topological polar surface area (TPSA) is 78.6 Å². The molecule has 1 atom stereocenters. The largest absolute Gasteiger partial charge is 0.383 e. The summed E-state index contributed by atoms with van der Waals surface area (Å²) in [4.78, 5) is 18.8. The Morgan fingerprint density at radius 2 is 1.87 bits per heavy atom. The molecule has 1 amide bonds. The van der Waals surface area contributed by atoms with Crippen molar-refractivity contribution in [2.24, 2.45) is 0 Å². The van der Waals surface area contributed by atoms with Gasteiger partial charge in [0.1, 0.15) is 6.17 Å². The van der Waals surface area contributed by atoms with Crippen molar-refractivity contribution >= 4 is 23.2 Å². The third-order valence-electron chi connectivity index (χ3n) is 5.20. The number of fused-ring (bicyclic) bond motifs is 1. The molecule has 1 aliphatic rings. The van der Waals surface area contributed by atoms with Crippen molar-refractivity contribution in [2.45, 2.75) is 20.0 Å². The fourth-order valence-corrected chi connectivity index (χ4v) is 3.75. The first-order valence-electron chi connectivity index (χ1n) is 10.3. The van der Waals surface area contributed by atoms with E-state index in [1.54, 1.807) is 14.2 Å². The zero-order valence-electron chi connectivity index (χ0n) is 18.2. The van der Waals surface area contributed by atoms with Crippen LogP contribution in [-0.4, -0.2) is 64.1 Å². The lowest BCUT2D eigenvalue weighted by molar-refractivity contribution is -0.113. The summed E-state index contributed by atoms with van der Waals surface area (Å²) in [6.45, 7) is 7.22. The van der Waals surface area contributed by atoms with Gasteiger partial charge in [0.25, 0.3) is 5.91 Å². The maximum atomic E-state index is 13.6. The Bertz CT molecular complexity index is 890. The normalized spacial score (nSPS) is 15.8. The average molecular weight is 413 g/mol. The molecular weight excluding hydrogens is 380 g/mol. The van der Waals surface area contributed by atoms with Crippen LogP contribution < -0.4 is 15.5 Å². The number of para-hydroxylation sites is 1. The van der Waals surface area contributed by atoms with Crippen LogP contribution >= 0.6 is 0 Å². The number of nitrogens with zero attached hydrogens (tertiary/aromatic N) is 1. The van der Waals surface area contributed by atoms with Gasteiger partial charge in [-0.15, -0.1) is 0 Å². The molecule has 1 aromatic heterocycles. The quantitative estimate of drug-likeness (QED) is 0.390. The maximum Gasteiger partial charge on any atom is 0.260 e. The highest BCUT2D eigenvalue weighted by Gasteiger charge is 2.36. The van der Waals surface area contributed by atoms with Crippen LogP contribution in [0.3, 0.4) is 0 Å². The molecule has 3 rings (SSSR count). The van der Waals surface area contributed by atoms with Crippen LogP contribution in [0.15, 0.2) is 30.3 Å². The van der Waals surface area contributed by atoms with Gasteiger partial charge in [-0.25, -0.2) is 0 Å². The Morgan fingerprint density at radius 1 is 1.13 bits per heavy atom. The Hall–Kier alpha value is -2.45. The monoisotopic (exact) mass is 412 g/mol. The summed E-state index contributed by atoms with van der Waals surface area (Å²) < 4.78 is 10.3. The third-order valence-corrected chi connectivity index (χ3v) is 5.20. The zero-order chi connectivity index (χ0) is 21.5. The second-order valence-electron chi connectivity index (χ2n) is 7.46. The molecule has 0 saturated heterocycles. The third kappa shape index (κ3) is 4.99. The predicted molar refractivity (Wildman–Crippen MR) is 120 cm³/mol. The minimum atomic E-state index is -0.206. The molecule has 1 aliphatic heterocycles. The summed E-state index contributed by atoms with van der Waals surface area (Å²) in [5.74, 6) is -0.00804. The summed E-state index contributed by atoms with van der Waals surface area (Å²) in [5.41, 5.74) is 5.74. The van der Waals surface area contributed by atoms with Crippen LogP contribution in [0.4, 0.5) is 5.69 Å². The van der Waals surface area contributed by atoms with Crippen molar-refractivity contribution < 1.29 is 14.3 Å². The number of aromatic amines is 1. The van der Waals surface area contributed by atoms with Gasteiger partial charge in [0.05, 0.1) is 24.5 Å². The van der Waals surface area contributed by atoms with Gasteiger partial charge < -0.3 is 19.8 Å². The molecule has 1 unspecified atom stereocenters. The predicted octanol–water partition coefficient (Wildman–Crippen LogP) is 2.32. The summed E-state index contributed by atoms with van der Waals surface area (Å²) in [6.07, 6.45) is 1.76. The first-order valence-corrected chi connectivity index (χ1v) is 10.3. The fourth-order valence-electron chi connectivity index (χ4n) is 3.75. The molecule has 2 aromatic rings. The summed E-state index contributed by atoms with van der Waals surface area (Å²) in [7, 11) is 3.35. The van der Waals surface area contributed by atoms with E-state index >= 15 is 0 Å². The number of nitrogens with one attached hydrogen (secondary N) is 3. The van der Waals surface area contributed by atoms with Crippen LogP contribution in [0, 0.1) is 13.8 Å². The van der Waals surface area contributed by atoms with Gasteiger partial charge in [-0.1, -0.05) is 18.2 Å². The van der Waals surface area contributed by atoms with Gasteiger partial charge in [-0.2, -0.15) is 0 Å². The molecule has 0 spiro atoms. The molecule has 7 heteroatoms. The van der Waals surface area contributed by atoms with E-state index in [-0.39, 0.29) is 12.1 Å². The Morgan fingerprint density at radius 3 is 2.57 bits per heavy atom. The highest BCUT2D eigenvalue weighted by atomic mass is 16.5. The molecule has 3 N–H and O–H groups in total. The van der Waals surface area contributed by atoms with Crippen molar-refractivity contribution in [3.05, 3.63) is 52.8 Å². The lowest BCUT2D eigenvalue weighted by Gasteiger charge is -2.29. The number of hydrogen-bond donors (Lipinski definition) is 3. The van der Waals surface area contributed by atoms with E-state index in [4.69, 9.17) is 9.47 Å². The second kappa shape index (κ2) is 10.5. The lowest BCUT2D eigenvalue weighted by Crippen LogP contribution is -2.53. The Kier molecular flexibility index (Phi) is 7.81. The van der Waals surface area contributed by atoms with Crippen LogP contribution in [0.5, 0.6) is 0 Å². The van der Waals surface area contributed by atoms with Crippen LogP contribution in [-0.2, 0) is 14.3 Å². The molecule has 0 fully saturated rings. The molecule has 2 heterocycles. The first kappa shape index (κ1) is 22.2. The number of rotatable bonds is 11. The van der Waals surface area contributed by atoms with Crippen LogP contribution in [0.2, 0.25) is 0 Å². The minimum absolute atomic E-state index is 0.00804. The van der Waals surface area contributed by atoms with E-state index < -0.39 is 0 Å². The number of amides is 1. The van der Waals surface area contributed by atoms with Gasteiger partial charge >= 0.3 is 0 Å². The highest BCUT2D eigenvalue weighted by Crippen LogP contribution is 2.38. The van der Waals surface area contributed by atoms with E-state index in [9.17, 15) is 4.79 Å². The number of methoxy groups -OCH3 is 2. The number of carbonyl (C=O) groups is 1. The number of anilines is 1. The zero-order valence-corrected chi connectivity index (χ0v) is 18.2. The molecule has 0 bridgehead atoms. The van der Waals surface area contributed by atoms with Crippen molar-refractivity contribution in [1.29, 1.82) is 0 Å². The summed E-state index contributed by atoms with van der Waals surface area (Å²) in [5, 5.41) is 6.82. The molecule has 0 radical (unpaired) electrons. The van der Waals surface area contributed by atoms with E-state index in [1.807, 2.05) is 49.1 Å². The van der Waals surface area contributed by atoms with E-state index in [1.165, 1.54) is 0 Å². The molecule has 1 aromatic carbocycles. The maximum absolute atomic E-state index is 13.6. The molecular formula is C23H32N4O3. The number of aromatic nitrogens is 1.